The Morgan fingerprint density at radius 1 is 1.12 bits per heavy atom. The van der Waals surface area contributed by atoms with E-state index in [9.17, 15) is 0 Å². The van der Waals surface area contributed by atoms with Crippen LogP contribution in [0.5, 0.6) is 0 Å². The summed E-state index contributed by atoms with van der Waals surface area (Å²) in [5.74, 6) is 0.985. The van der Waals surface area contributed by atoms with Crippen LogP contribution in [0.3, 0.4) is 0 Å². The molecule has 1 aromatic heterocycles. The lowest BCUT2D eigenvalue weighted by molar-refractivity contribution is 0.109. The molecule has 0 N–H and O–H groups in total. The number of para-hydroxylation sites is 2. The average Bonchev–Trinajstić information content (AvgIpc) is 3.04. The van der Waals surface area contributed by atoms with Crippen LogP contribution in [0.1, 0.15) is 51.9 Å². The number of fused-ring (bicyclic) bond motifs is 1. The Bertz CT molecular complexity index is 602. The molecule has 0 unspecified atom stereocenters. The number of likely N-dealkylation sites (tertiary alicyclic amines) is 1. The molecule has 0 spiro atoms. The van der Waals surface area contributed by atoms with Crippen molar-refractivity contribution >= 4 is 11.0 Å². The third-order valence-corrected chi connectivity index (χ3v) is 5.19. The lowest BCUT2D eigenvalue weighted by Crippen LogP contribution is -2.34. The summed E-state index contributed by atoms with van der Waals surface area (Å²) in [5, 5.41) is 0. The van der Waals surface area contributed by atoms with E-state index in [1.807, 2.05) is 24.3 Å². The van der Waals surface area contributed by atoms with Gasteiger partial charge in [-0.25, -0.2) is 4.98 Å². The smallest absolute Gasteiger partial charge is 0.133 e. The SMILES string of the molecule is CCCCC1CCN(CCCCOn2cnc3ccccc32)CC1. The van der Waals surface area contributed by atoms with Crippen molar-refractivity contribution in [1.82, 2.24) is 14.6 Å². The quantitative estimate of drug-likeness (QED) is 0.648. The van der Waals surface area contributed by atoms with E-state index in [0.717, 1.165) is 30.0 Å². The van der Waals surface area contributed by atoms with Gasteiger partial charge in [-0.05, 0) is 63.4 Å². The van der Waals surface area contributed by atoms with E-state index in [1.54, 1.807) is 11.1 Å². The van der Waals surface area contributed by atoms with E-state index in [4.69, 9.17) is 4.84 Å². The number of piperidine rings is 1. The molecule has 4 nitrogen and oxygen atoms in total. The second-order valence-electron chi connectivity index (χ2n) is 7.03. The number of aromatic nitrogens is 2. The van der Waals surface area contributed by atoms with Crippen molar-refractivity contribution in [2.45, 2.75) is 51.9 Å². The molecular weight excluding hydrogens is 298 g/mol. The van der Waals surface area contributed by atoms with Gasteiger partial charge in [-0.2, -0.15) is 4.73 Å². The van der Waals surface area contributed by atoms with Crippen LogP contribution in [0, 0.1) is 5.92 Å². The van der Waals surface area contributed by atoms with Crippen LogP contribution < -0.4 is 4.84 Å². The highest BCUT2D eigenvalue weighted by Gasteiger charge is 2.18. The van der Waals surface area contributed by atoms with Gasteiger partial charge in [0.05, 0.1) is 5.52 Å². The summed E-state index contributed by atoms with van der Waals surface area (Å²) in [4.78, 5) is 12.8. The molecule has 1 aliphatic heterocycles. The van der Waals surface area contributed by atoms with E-state index in [-0.39, 0.29) is 0 Å². The molecule has 0 aliphatic carbocycles. The highest BCUT2D eigenvalue weighted by molar-refractivity contribution is 5.74. The standard InChI is InChI=1S/C20H31N3O/c1-2-3-8-18-11-14-22(15-12-18)13-6-7-16-24-23-17-21-19-9-4-5-10-20(19)23/h4-5,9-10,17-18H,2-3,6-8,11-16H2,1H3. The number of imidazole rings is 1. The van der Waals surface area contributed by atoms with Crippen molar-refractivity contribution in [3.05, 3.63) is 30.6 Å². The van der Waals surface area contributed by atoms with E-state index in [2.05, 4.69) is 16.8 Å². The first-order valence-electron chi connectivity index (χ1n) is 9.64. The van der Waals surface area contributed by atoms with Crippen molar-refractivity contribution < 1.29 is 4.84 Å². The Hall–Kier alpha value is -1.55. The van der Waals surface area contributed by atoms with Gasteiger partial charge in [-0.1, -0.05) is 38.3 Å². The zero-order chi connectivity index (χ0) is 16.6. The predicted octanol–water partition coefficient (Wildman–Crippen LogP) is 4.15. The third kappa shape index (κ3) is 4.73. The minimum absolute atomic E-state index is 0.757. The minimum Gasteiger partial charge on any atom is -0.412 e. The predicted molar refractivity (Wildman–Crippen MR) is 99.1 cm³/mol. The molecule has 24 heavy (non-hydrogen) atoms. The molecule has 2 aromatic rings. The maximum atomic E-state index is 5.85. The largest absolute Gasteiger partial charge is 0.412 e. The van der Waals surface area contributed by atoms with Gasteiger partial charge in [0.15, 0.2) is 0 Å². The second kappa shape index (κ2) is 9.07. The fraction of sp³-hybridized carbons (Fsp3) is 0.650. The van der Waals surface area contributed by atoms with E-state index in [0.29, 0.717) is 0 Å². The number of unbranched alkanes of at least 4 members (excludes halogenated alkanes) is 2. The summed E-state index contributed by atoms with van der Waals surface area (Å²) in [6, 6.07) is 8.09. The first kappa shape index (κ1) is 17.3. The van der Waals surface area contributed by atoms with Crippen LogP contribution in [-0.2, 0) is 0 Å². The summed E-state index contributed by atoms with van der Waals surface area (Å²) in [6.45, 7) is 6.86. The summed E-state index contributed by atoms with van der Waals surface area (Å²) < 4.78 is 1.80. The van der Waals surface area contributed by atoms with E-state index >= 15 is 0 Å². The van der Waals surface area contributed by atoms with Gasteiger partial charge in [-0.3, -0.25) is 0 Å². The average molecular weight is 329 g/mol. The maximum Gasteiger partial charge on any atom is 0.133 e. The maximum absolute atomic E-state index is 5.85. The molecule has 0 saturated carbocycles. The van der Waals surface area contributed by atoms with Crippen LogP contribution >= 0.6 is 0 Å². The van der Waals surface area contributed by atoms with Crippen LogP contribution in [0.4, 0.5) is 0 Å². The highest BCUT2D eigenvalue weighted by Crippen LogP contribution is 2.22. The fourth-order valence-corrected chi connectivity index (χ4v) is 3.63. The molecule has 0 radical (unpaired) electrons. The number of nitrogens with zero attached hydrogens (tertiary/aromatic N) is 3. The minimum atomic E-state index is 0.757. The van der Waals surface area contributed by atoms with Crippen LogP contribution in [0.25, 0.3) is 11.0 Å². The molecule has 3 rings (SSSR count). The van der Waals surface area contributed by atoms with Gasteiger partial charge in [0.25, 0.3) is 0 Å². The summed E-state index contributed by atoms with van der Waals surface area (Å²) in [6.07, 6.45) is 11.1. The number of benzene rings is 1. The Balaban J connectivity index is 1.29. The topological polar surface area (TPSA) is 30.3 Å². The Morgan fingerprint density at radius 2 is 1.96 bits per heavy atom. The number of hydrogen-bond donors (Lipinski definition) is 0. The lowest BCUT2D eigenvalue weighted by Gasteiger charge is -2.31. The normalized spacial score (nSPS) is 16.7. The molecule has 132 valence electrons. The van der Waals surface area contributed by atoms with Gasteiger partial charge in [-0.15, -0.1) is 0 Å². The van der Waals surface area contributed by atoms with E-state index in [1.165, 1.54) is 58.2 Å². The lowest BCUT2D eigenvalue weighted by atomic mass is 9.91. The van der Waals surface area contributed by atoms with Crippen molar-refractivity contribution in [2.24, 2.45) is 5.92 Å². The number of rotatable bonds is 9. The summed E-state index contributed by atoms with van der Waals surface area (Å²) in [7, 11) is 0. The van der Waals surface area contributed by atoms with Gasteiger partial charge < -0.3 is 9.74 Å². The Morgan fingerprint density at radius 3 is 2.79 bits per heavy atom. The molecule has 1 aromatic carbocycles. The molecule has 0 amide bonds. The second-order valence-corrected chi connectivity index (χ2v) is 7.03. The highest BCUT2D eigenvalue weighted by atomic mass is 16.7. The van der Waals surface area contributed by atoms with Crippen LogP contribution in [0.15, 0.2) is 30.6 Å². The van der Waals surface area contributed by atoms with Crippen molar-refractivity contribution in [3.8, 4) is 0 Å². The fourth-order valence-electron chi connectivity index (χ4n) is 3.63. The molecule has 0 atom stereocenters. The molecule has 1 saturated heterocycles. The van der Waals surface area contributed by atoms with Gasteiger partial charge in [0.1, 0.15) is 18.5 Å². The molecule has 2 heterocycles. The van der Waals surface area contributed by atoms with Crippen molar-refractivity contribution in [3.63, 3.8) is 0 Å². The summed E-state index contributed by atoms with van der Waals surface area (Å²) in [5.41, 5.74) is 2.04. The Labute approximate surface area is 145 Å². The molecule has 4 heteroatoms. The van der Waals surface area contributed by atoms with Gasteiger partial charge in [0.2, 0.25) is 0 Å². The molecule has 0 bridgehead atoms. The monoisotopic (exact) mass is 329 g/mol. The number of hydrogen-bond acceptors (Lipinski definition) is 3. The summed E-state index contributed by atoms with van der Waals surface area (Å²) >= 11 is 0. The van der Waals surface area contributed by atoms with E-state index < -0.39 is 0 Å². The van der Waals surface area contributed by atoms with Crippen molar-refractivity contribution in [1.29, 1.82) is 0 Å². The van der Waals surface area contributed by atoms with Crippen molar-refractivity contribution in [2.75, 3.05) is 26.2 Å². The zero-order valence-corrected chi connectivity index (χ0v) is 15.0. The molecule has 1 aliphatic rings. The zero-order valence-electron chi connectivity index (χ0n) is 15.0. The Kier molecular flexibility index (Phi) is 6.53. The van der Waals surface area contributed by atoms with Gasteiger partial charge >= 0.3 is 0 Å². The first-order chi connectivity index (χ1) is 11.9. The first-order valence-corrected chi connectivity index (χ1v) is 9.64. The third-order valence-electron chi connectivity index (χ3n) is 5.19. The van der Waals surface area contributed by atoms with Gasteiger partial charge in [0, 0.05) is 0 Å². The molecule has 1 fully saturated rings. The molecular formula is C20H31N3O. The van der Waals surface area contributed by atoms with Crippen LogP contribution in [-0.4, -0.2) is 40.9 Å². The van der Waals surface area contributed by atoms with Crippen LogP contribution in [0.2, 0.25) is 0 Å².